The number of nitrogens with two attached hydrogens (primary N) is 1. The van der Waals surface area contributed by atoms with Crippen molar-refractivity contribution in [2.75, 3.05) is 13.7 Å². The number of rotatable bonds is 5. The zero-order chi connectivity index (χ0) is 13.1. The summed E-state index contributed by atoms with van der Waals surface area (Å²) in [7, 11) is 1.38. The zero-order valence-corrected chi connectivity index (χ0v) is 10.3. The van der Waals surface area contributed by atoms with Gasteiger partial charge in [0.2, 0.25) is 0 Å². The Balaban J connectivity index is 1.93. The second-order valence-corrected chi connectivity index (χ2v) is 4.56. The first-order valence-corrected chi connectivity index (χ1v) is 5.99. The largest absolute Gasteiger partial charge is 0.494 e. The van der Waals surface area contributed by atoms with E-state index in [1.54, 1.807) is 0 Å². The molecule has 1 fully saturated rings. The summed E-state index contributed by atoms with van der Waals surface area (Å²) in [5.41, 5.74) is 6.15. The molecule has 18 heavy (non-hydrogen) atoms. The van der Waals surface area contributed by atoms with Gasteiger partial charge >= 0.3 is 0 Å². The number of halogens is 1. The van der Waals surface area contributed by atoms with Crippen molar-refractivity contribution in [3.05, 3.63) is 29.6 Å². The van der Waals surface area contributed by atoms with E-state index in [2.05, 4.69) is 5.32 Å². The van der Waals surface area contributed by atoms with Gasteiger partial charge in [-0.25, -0.2) is 4.39 Å². The highest BCUT2D eigenvalue weighted by Crippen LogP contribution is 2.31. The van der Waals surface area contributed by atoms with Crippen LogP contribution >= 0.6 is 0 Å². The monoisotopic (exact) mass is 252 g/mol. The lowest BCUT2D eigenvalue weighted by Gasteiger charge is -2.12. The molecule has 1 aliphatic carbocycles. The molecule has 0 aromatic heterocycles. The highest BCUT2D eigenvalue weighted by Gasteiger charge is 2.28. The van der Waals surface area contributed by atoms with E-state index in [9.17, 15) is 9.18 Å². The Morgan fingerprint density at radius 1 is 1.61 bits per heavy atom. The van der Waals surface area contributed by atoms with Crippen LogP contribution in [-0.2, 0) is 0 Å². The van der Waals surface area contributed by atoms with Gasteiger partial charge in [0.1, 0.15) is 0 Å². The van der Waals surface area contributed by atoms with Gasteiger partial charge in [-0.05, 0) is 37.0 Å². The molecular formula is C13H17FN2O2. The molecule has 0 bridgehead atoms. The SMILES string of the molecule is COc1ccc(C(=O)NCC(N)C2CC2)cc1F. The summed E-state index contributed by atoms with van der Waals surface area (Å²) in [4.78, 5) is 11.8. The Hall–Kier alpha value is -1.62. The van der Waals surface area contributed by atoms with Gasteiger partial charge in [-0.15, -0.1) is 0 Å². The van der Waals surface area contributed by atoms with Crippen molar-refractivity contribution >= 4 is 5.91 Å². The van der Waals surface area contributed by atoms with Crippen molar-refractivity contribution in [2.45, 2.75) is 18.9 Å². The average Bonchev–Trinajstić information content (AvgIpc) is 3.19. The first kappa shape index (κ1) is 12.8. The molecule has 1 aromatic carbocycles. The lowest BCUT2D eigenvalue weighted by molar-refractivity contribution is 0.0949. The number of hydrogen-bond acceptors (Lipinski definition) is 3. The van der Waals surface area contributed by atoms with E-state index in [0.717, 1.165) is 18.9 Å². The normalized spacial score (nSPS) is 16.2. The van der Waals surface area contributed by atoms with E-state index in [1.807, 2.05) is 0 Å². The topological polar surface area (TPSA) is 64.3 Å². The van der Waals surface area contributed by atoms with E-state index < -0.39 is 5.82 Å². The summed E-state index contributed by atoms with van der Waals surface area (Å²) < 4.78 is 18.2. The van der Waals surface area contributed by atoms with Gasteiger partial charge in [-0.3, -0.25) is 4.79 Å². The molecule has 1 atom stereocenters. The van der Waals surface area contributed by atoms with Crippen LogP contribution in [0.2, 0.25) is 0 Å². The lowest BCUT2D eigenvalue weighted by atomic mass is 10.1. The Morgan fingerprint density at radius 2 is 2.33 bits per heavy atom. The van der Waals surface area contributed by atoms with E-state index in [0.29, 0.717) is 12.5 Å². The Morgan fingerprint density at radius 3 is 2.89 bits per heavy atom. The quantitative estimate of drug-likeness (QED) is 0.830. The minimum atomic E-state index is -0.545. The second-order valence-electron chi connectivity index (χ2n) is 4.56. The van der Waals surface area contributed by atoms with Crippen molar-refractivity contribution in [1.29, 1.82) is 0 Å². The molecule has 3 N–H and O–H groups in total. The fourth-order valence-electron chi connectivity index (χ4n) is 1.81. The van der Waals surface area contributed by atoms with Gasteiger partial charge in [0, 0.05) is 18.2 Å². The third-order valence-electron chi connectivity index (χ3n) is 3.14. The van der Waals surface area contributed by atoms with Gasteiger partial charge in [0.15, 0.2) is 11.6 Å². The smallest absolute Gasteiger partial charge is 0.251 e. The number of benzene rings is 1. The van der Waals surface area contributed by atoms with Crippen molar-refractivity contribution in [2.24, 2.45) is 11.7 Å². The summed E-state index contributed by atoms with van der Waals surface area (Å²) >= 11 is 0. The van der Waals surface area contributed by atoms with Crippen LogP contribution < -0.4 is 15.8 Å². The van der Waals surface area contributed by atoms with Crippen molar-refractivity contribution < 1.29 is 13.9 Å². The number of methoxy groups -OCH3 is 1. The van der Waals surface area contributed by atoms with E-state index >= 15 is 0 Å². The van der Waals surface area contributed by atoms with Crippen LogP contribution in [0.25, 0.3) is 0 Å². The molecule has 0 saturated heterocycles. The Kier molecular flexibility index (Phi) is 3.81. The predicted molar refractivity (Wildman–Crippen MR) is 66.0 cm³/mol. The van der Waals surface area contributed by atoms with Crippen molar-refractivity contribution in [1.82, 2.24) is 5.32 Å². The van der Waals surface area contributed by atoms with E-state index in [1.165, 1.54) is 19.2 Å². The molecule has 1 amide bonds. The van der Waals surface area contributed by atoms with Crippen molar-refractivity contribution in [3.8, 4) is 5.75 Å². The second kappa shape index (κ2) is 5.35. The lowest BCUT2D eigenvalue weighted by Crippen LogP contribution is -2.38. The molecule has 2 rings (SSSR count). The van der Waals surface area contributed by atoms with Crippen LogP contribution in [0.3, 0.4) is 0 Å². The van der Waals surface area contributed by atoms with Crippen LogP contribution in [0.1, 0.15) is 23.2 Å². The van der Waals surface area contributed by atoms with Gasteiger partial charge in [0.25, 0.3) is 5.91 Å². The molecule has 0 aliphatic heterocycles. The molecular weight excluding hydrogens is 235 g/mol. The summed E-state index contributed by atoms with van der Waals surface area (Å²) in [6.45, 7) is 0.428. The van der Waals surface area contributed by atoms with E-state index in [4.69, 9.17) is 10.5 Å². The minimum Gasteiger partial charge on any atom is -0.494 e. The molecule has 1 aromatic rings. The third kappa shape index (κ3) is 2.98. The number of ether oxygens (including phenoxy) is 1. The maximum Gasteiger partial charge on any atom is 0.251 e. The summed E-state index contributed by atoms with van der Waals surface area (Å²) in [5.74, 6) is -0.205. The van der Waals surface area contributed by atoms with Gasteiger partial charge < -0.3 is 15.8 Å². The number of hydrogen-bond donors (Lipinski definition) is 2. The molecule has 5 heteroatoms. The standard InChI is InChI=1S/C13H17FN2O2/c1-18-12-5-4-9(6-10(12)14)13(17)16-7-11(15)8-2-3-8/h4-6,8,11H,2-3,7,15H2,1H3,(H,16,17). The molecule has 0 heterocycles. The van der Waals surface area contributed by atoms with Gasteiger partial charge in [-0.2, -0.15) is 0 Å². The maximum absolute atomic E-state index is 13.4. The van der Waals surface area contributed by atoms with Crippen LogP contribution in [-0.4, -0.2) is 25.6 Å². The van der Waals surface area contributed by atoms with Crippen molar-refractivity contribution in [3.63, 3.8) is 0 Å². The van der Waals surface area contributed by atoms with Gasteiger partial charge in [0.05, 0.1) is 7.11 Å². The Bertz CT molecular complexity index is 447. The van der Waals surface area contributed by atoms with Gasteiger partial charge in [-0.1, -0.05) is 0 Å². The minimum absolute atomic E-state index is 0.00274. The predicted octanol–water partition coefficient (Wildman–Crippen LogP) is 1.30. The number of amides is 1. The maximum atomic E-state index is 13.4. The highest BCUT2D eigenvalue weighted by molar-refractivity contribution is 5.94. The van der Waals surface area contributed by atoms with E-state index in [-0.39, 0.29) is 23.3 Å². The molecule has 4 nitrogen and oxygen atoms in total. The molecule has 1 aliphatic rings. The Labute approximate surface area is 105 Å². The van der Waals surface area contributed by atoms with Crippen LogP contribution in [0, 0.1) is 11.7 Å². The fourth-order valence-corrected chi connectivity index (χ4v) is 1.81. The third-order valence-corrected chi connectivity index (χ3v) is 3.14. The zero-order valence-electron chi connectivity index (χ0n) is 10.3. The van der Waals surface area contributed by atoms with Crippen LogP contribution in [0.15, 0.2) is 18.2 Å². The molecule has 0 spiro atoms. The first-order valence-electron chi connectivity index (χ1n) is 5.99. The van der Waals surface area contributed by atoms with Crippen LogP contribution in [0.5, 0.6) is 5.75 Å². The summed E-state index contributed by atoms with van der Waals surface area (Å²) in [5, 5.41) is 2.71. The molecule has 0 radical (unpaired) electrons. The molecule has 1 unspecified atom stereocenters. The summed E-state index contributed by atoms with van der Waals surface area (Å²) in [6, 6.07) is 4.12. The highest BCUT2D eigenvalue weighted by atomic mass is 19.1. The number of carbonyl (C=O) groups excluding carboxylic acids is 1. The first-order chi connectivity index (χ1) is 8.61. The fraction of sp³-hybridized carbons (Fsp3) is 0.462. The number of nitrogens with one attached hydrogen (secondary N) is 1. The molecule has 98 valence electrons. The number of carbonyl (C=O) groups is 1. The molecule has 1 saturated carbocycles. The van der Waals surface area contributed by atoms with Crippen LogP contribution in [0.4, 0.5) is 4.39 Å². The average molecular weight is 252 g/mol. The summed E-state index contributed by atoms with van der Waals surface area (Å²) in [6.07, 6.45) is 2.27.